The van der Waals surface area contributed by atoms with Crippen LogP contribution in [0.25, 0.3) is 0 Å². The standard InChI is InChI=1S/C14H20N2O3S2/c1-7-8(2)21-12(11(7)13(17)18)16-14(19)15-9-4-5-10(6-9)20-3/h9-10H,4-6H2,1-3H3,(H,17,18)(H2,15,16,19). The Kier molecular flexibility index (Phi) is 5.16. The van der Waals surface area contributed by atoms with Crippen molar-refractivity contribution >= 4 is 40.1 Å². The van der Waals surface area contributed by atoms with E-state index in [0.717, 1.165) is 24.1 Å². The summed E-state index contributed by atoms with van der Waals surface area (Å²) in [5, 5.41) is 15.9. The van der Waals surface area contributed by atoms with Crippen LogP contribution in [-0.2, 0) is 0 Å². The molecule has 1 saturated carbocycles. The van der Waals surface area contributed by atoms with Crippen molar-refractivity contribution in [3.63, 3.8) is 0 Å². The highest BCUT2D eigenvalue weighted by atomic mass is 32.2. The summed E-state index contributed by atoms with van der Waals surface area (Å²) in [7, 11) is 0. The first kappa shape index (κ1) is 16.2. The quantitative estimate of drug-likeness (QED) is 0.791. The molecule has 2 unspecified atom stereocenters. The normalized spacial score (nSPS) is 21.3. The molecule has 0 bridgehead atoms. The van der Waals surface area contributed by atoms with Gasteiger partial charge < -0.3 is 10.4 Å². The maximum Gasteiger partial charge on any atom is 0.338 e. The van der Waals surface area contributed by atoms with E-state index >= 15 is 0 Å². The van der Waals surface area contributed by atoms with Crippen molar-refractivity contribution < 1.29 is 14.7 Å². The van der Waals surface area contributed by atoms with Crippen molar-refractivity contribution in [1.82, 2.24) is 5.32 Å². The average molecular weight is 328 g/mol. The zero-order valence-electron chi connectivity index (χ0n) is 12.4. The van der Waals surface area contributed by atoms with Crippen LogP contribution in [0.1, 0.15) is 40.1 Å². The van der Waals surface area contributed by atoms with Crippen LogP contribution < -0.4 is 10.6 Å². The lowest BCUT2D eigenvalue weighted by Crippen LogP contribution is -2.36. The molecule has 7 heteroatoms. The number of carbonyl (C=O) groups is 2. The van der Waals surface area contributed by atoms with Crippen LogP contribution >= 0.6 is 23.1 Å². The van der Waals surface area contributed by atoms with E-state index in [1.54, 1.807) is 6.92 Å². The van der Waals surface area contributed by atoms with Crippen molar-refractivity contribution in [3.8, 4) is 0 Å². The number of hydrogen-bond donors (Lipinski definition) is 3. The number of thiophene rings is 1. The van der Waals surface area contributed by atoms with Gasteiger partial charge in [-0.1, -0.05) is 0 Å². The number of carbonyl (C=O) groups excluding carboxylic acids is 1. The molecular weight excluding hydrogens is 308 g/mol. The Labute approximate surface area is 132 Å². The van der Waals surface area contributed by atoms with Crippen LogP contribution in [-0.4, -0.2) is 34.7 Å². The SMILES string of the molecule is CSC1CCC(NC(=O)Nc2sc(C)c(C)c2C(=O)O)C1. The molecule has 0 radical (unpaired) electrons. The number of thioether (sulfide) groups is 1. The lowest BCUT2D eigenvalue weighted by molar-refractivity contribution is 0.0697. The van der Waals surface area contributed by atoms with Gasteiger partial charge in [-0.2, -0.15) is 11.8 Å². The monoisotopic (exact) mass is 328 g/mol. The molecule has 0 saturated heterocycles. The number of carboxylic acids is 1. The fourth-order valence-electron chi connectivity index (χ4n) is 2.58. The number of aromatic carboxylic acids is 1. The van der Waals surface area contributed by atoms with Crippen LogP contribution in [0.5, 0.6) is 0 Å². The van der Waals surface area contributed by atoms with Gasteiger partial charge >= 0.3 is 12.0 Å². The van der Waals surface area contributed by atoms with Crippen molar-refractivity contribution in [1.29, 1.82) is 0 Å². The van der Waals surface area contributed by atoms with Crippen molar-refractivity contribution in [2.75, 3.05) is 11.6 Å². The van der Waals surface area contributed by atoms with E-state index in [2.05, 4.69) is 16.9 Å². The predicted molar refractivity (Wildman–Crippen MR) is 87.8 cm³/mol. The highest BCUT2D eigenvalue weighted by Crippen LogP contribution is 2.32. The zero-order valence-corrected chi connectivity index (χ0v) is 14.0. The number of aryl methyl sites for hydroxylation is 1. The van der Waals surface area contributed by atoms with Crippen LogP contribution in [0.2, 0.25) is 0 Å². The molecule has 21 heavy (non-hydrogen) atoms. The summed E-state index contributed by atoms with van der Waals surface area (Å²) in [6.45, 7) is 3.62. The predicted octanol–water partition coefficient (Wildman–Crippen LogP) is 3.47. The van der Waals surface area contributed by atoms with Gasteiger partial charge in [0.2, 0.25) is 0 Å². The lowest BCUT2D eigenvalue weighted by atomic mass is 10.1. The third-order valence-corrected chi connectivity index (χ3v) is 6.10. The fourth-order valence-corrected chi connectivity index (χ4v) is 4.43. The molecule has 0 aliphatic heterocycles. The second-order valence-electron chi connectivity index (χ2n) is 5.26. The Morgan fingerprint density at radius 2 is 2.05 bits per heavy atom. The van der Waals surface area contributed by atoms with E-state index in [0.29, 0.717) is 15.8 Å². The molecule has 1 aliphatic rings. The zero-order chi connectivity index (χ0) is 15.6. The van der Waals surface area contributed by atoms with Gasteiger partial charge in [0, 0.05) is 16.2 Å². The third-order valence-electron chi connectivity index (χ3n) is 3.88. The summed E-state index contributed by atoms with van der Waals surface area (Å²) >= 11 is 3.14. The minimum absolute atomic E-state index is 0.179. The Balaban J connectivity index is 2.00. The highest BCUT2D eigenvalue weighted by Gasteiger charge is 2.26. The Morgan fingerprint density at radius 1 is 1.33 bits per heavy atom. The lowest BCUT2D eigenvalue weighted by Gasteiger charge is -2.13. The highest BCUT2D eigenvalue weighted by molar-refractivity contribution is 7.99. The van der Waals surface area contributed by atoms with Gasteiger partial charge in [-0.3, -0.25) is 5.32 Å². The second kappa shape index (κ2) is 6.70. The molecule has 1 aliphatic carbocycles. The number of amides is 2. The van der Waals surface area contributed by atoms with E-state index < -0.39 is 5.97 Å². The molecule has 0 aromatic carbocycles. The molecule has 1 aromatic rings. The maximum absolute atomic E-state index is 12.0. The van der Waals surface area contributed by atoms with Gasteiger partial charge in [0.15, 0.2) is 0 Å². The molecule has 0 spiro atoms. The number of nitrogens with one attached hydrogen (secondary N) is 2. The summed E-state index contributed by atoms with van der Waals surface area (Å²) in [5.41, 5.74) is 0.909. The smallest absolute Gasteiger partial charge is 0.338 e. The second-order valence-corrected chi connectivity index (χ2v) is 7.62. The Morgan fingerprint density at radius 3 is 2.62 bits per heavy atom. The summed E-state index contributed by atoms with van der Waals surface area (Å²) in [6.07, 6.45) is 5.16. The van der Waals surface area contributed by atoms with Crippen molar-refractivity contribution in [3.05, 3.63) is 16.0 Å². The molecule has 2 amide bonds. The molecule has 1 heterocycles. The third kappa shape index (κ3) is 3.71. The molecule has 1 aromatic heterocycles. The van der Waals surface area contributed by atoms with Crippen molar-refractivity contribution in [2.45, 2.75) is 44.4 Å². The number of anilines is 1. The van der Waals surface area contributed by atoms with E-state index in [1.807, 2.05) is 18.7 Å². The first-order valence-electron chi connectivity index (χ1n) is 6.86. The van der Waals surface area contributed by atoms with Crippen molar-refractivity contribution in [2.24, 2.45) is 0 Å². The first-order chi connectivity index (χ1) is 9.92. The number of carboxylic acid groups (broad SMARTS) is 1. The van der Waals surface area contributed by atoms with Crippen LogP contribution in [0, 0.1) is 13.8 Å². The van der Waals surface area contributed by atoms with Crippen LogP contribution in [0.3, 0.4) is 0 Å². The molecule has 1 fully saturated rings. The van der Waals surface area contributed by atoms with Gasteiger partial charge in [0.25, 0.3) is 0 Å². The number of urea groups is 1. The van der Waals surface area contributed by atoms with Gasteiger partial charge in [0.05, 0.1) is 5.56 Å². The molecule has 116 valence electrons. The molecule has 5 nitrogen and oxygen atoms in total. The minimum Gasteiger partial charge on any atom is -0.478 e. The van der Waals surface area contributed by atoms with Crippen LogP contribution in [0.4, 0.5) is 9.80 Å². The summed E-state index contributed by atoms with van der Waals surface area (Å²) < 4.78 is 0. The first-order valence-corrected chi connectivity index (χ1v) is 8.96. The molecule has 2 atom stereocenters. The van der Waals surface area contributed by atoms with E-state index in [9.17, 15) is 14.7 Å². The fraction of sp³-hybridized carbons (Fsp3) is 0.571. The van der Waals surface area contributed by atoms with Gasteiger partial charge in [-0.05, 0) is 44.9 Å². The summed E-state index contributed by atoms with van der Waals surface area (Å²) in [6, 6.07) is -0.136. The van der Waals surface area contributed by atoms with Gasteiger partial charge in [0.1, 0.15) is 5.00 Å². The average Bonchev–Trinajstić information content (AvgIpc) is 2.95. The van der Waals surface area contributed by atoms with Gasteiger partial charge in [-0.25, -0.2) is 9.59 Å². The van der Waals surface area contributed by atoms with Crippen LogP contribution in [0.15, 0.2) is 0 Å². The Hall–Kier alpha value is -1.21. The molecule has 2 rings (SSSR count). The Bertz CT molecular complexity index is 557. The number of rotatable bonds is 4. The van der Waals surface area contributed by atoms with E-state index in [4.69, 9.17) is 0 Å². The maximum atomic E-state index is 12.0. The summed E-state index contributed by atoms with van der Waals surface area (Å²) in [5.74, 6) is -1.00. The number of hydrogen-bond acceptors (Lipinski definition) is 4. The van der Waals surface area contributed by atoms with Gasteiger partial charge in [-0.15, -0.1) is 11.3 Å². The minimum atomic E-state index is -1.00. The largest absolute Gasteiger partial charge is 0.478 e. The topological polar surface area (TPSA) is 78.4 Å². The molecular formula is C14H20N2O3S2. The van der Waals surface area contributed by atoms with E-state index in [-0.39, 0.29) is 17.6 Å². The molecule has 3 N–H and O–H groups in total. The van der Waals surface area contributed by atoms with E-state index in [1.165, 1.54) is 11.3 Å². The summed E-state index contributed by atoms with van der Waals surface area (Å²) in [4.78, 5) is 24.2.